The van der Waals surface area contributed by atoms with Gasteiger partial charge in [-0.05, 0) is 86.3 Å². The van der Waals surface area contributed by atoms with Crippen molar-refractivity contribution in [2.24, 2.45) is 17.3 Å². The van der Waals surface area contributed by atoms with Crippen LogP contribution < -0.4 is 0 Å². The number of ketones is 1. The minimum Gasteiger partial charge on any atom is -0.295 e. The lowest BCUT2D eigenvalue weighted by Crippen LogP contribution is -2.37. The Morgan fingerprint density at radius 2 is 2.00 bits per heavy atom. The first-order valence-corrected chi connectivity index (χ1v) is 8.75. The average molecular weight is 282 g/mol. The smallest absolute Gasteiger partial charge is 0.156 e. The highest BCUT2D eigenvalue weighted by Gasteiger charge is 2.50. The van der Waals surface area contributed by atoms with Gasteiger partial charge in [-0.25, -0.2) is 0 Å². The first-order chi connectivity index (χ1) is 10.1. The molecule has 0 N–H and O–H groups in total. The fraction of sp³-hybridized carbons (Fsp3) is 0.650. The van der Waals surface area contributed by atoms with Crippen LogP contribution in [0.2, 0.25) is 0 Å². The molecule has 0 aromatic rings. The third-order valence-electron chi connectivity index (χ3n) is 6.93. The summed E-state index contributed by atoms with van der Waals surface area (Å²) in [7, 11) is 0. The zero-order valence-electron chi connectivity index (χ0n) is 13.4. The Bertz CT molecular complexity index is 589. The maximum Gasteiger partial charge on any atom is 0.156 e. The molecule has 0 unspecified atom stereocenters. The van der Waals surface area contributed by atoms with Gasteiger partial charge in [0.2, 0.25) is 0 Å². The second kappa shape index (κ2) is 4.69. The molecule has 21 heavy (non-hydrogen) atoms. The molecule has 0 saturated heterocycles. The molecule has 0 aromatic carbocycles. The van der Waals surface area contributed by atoms with Gasteiger partial charge in [-0.15, -0.1) is 0 Å². The lowest BCUT2D eigenvalue weighted by molar-refractivity contribution is -0.114. The van der Waals surface area contributed by atoms with Gasteiger partial charge >= 0.3 is 0 Å². The number of carbonyl (C=O) groups is 1. The number of carbonyl (C=O) groups excluding carboxylic acids is 1. The second-order valence-corrected chi connectivity index (χ2v) is 7.66. The topological polar surface area (TPSA) is 17.1 Å². The molecule has 2 fully saturated rings. The molecule has 4 rings (SSSR count). The number of fused-ring (bicyclic) bond motifs is 4. The molecule has 0 heterocycles. The summed E-state index contributed by atoms with van der Waals surface area (Å²) in [5.41, 5.74) is 6.93. The monoisotopic (exact) mass is 282 g/mol. The average Bonchev–Trinajstić information content (AvgIpc) is 2.83. The van der Waals surface area contributed by atoms with E-state index in [0.29, 0.717) is 11.2 Å². The highest BCUT2D eigenvalue weighted by Crippen LogP contribution is 2.61. The SMILES string of the molecule is CC=C1CC[C@H]2[C@@H]3CCC4=CC(=O)CCC4=C3CC[C@]12C. The Labute approximate surface area is 128 Å². The van der Waals surface area contributed by atoms with Crippen LogP contribution in [0.4, 0.5) is 0 Å². The van der Waals surface area contributed by atoms with Crippen molar-refractivity contribution in [1.82, 2.24) is 0 Å². The van der Waals surface area contributed by atoms with E-state index in [-0.39, 0.29) is 0 Å². The summed E-state index contributed by atoms with van der Waals surface area (Å²) < 4.78 is 0. The van der Waals surface area contributed by atoms with Gasteiger partial charge in [0.1, 0.15) is 0 Å². The molecule has 0 spiro atoms. The van der Waals surface area contributed by atoms with Gasteiger partial charge in [0.05, 0.1) is 0 Å². The quantitative estimate of drug-likeness (QED) is 0.562. The van der Waals surface area contributed by atoms with Crippen molar-refractivity contribution < 1.29 is 4.79 Å². The van der Waals surface area contributed by atoms with Crippen LogP contribution in [-0.4, -0.2) is 5.78 Å². The highest BCUT2D eigenvalue weighted by molar-refractivity contribution is 5.93. The van der Waals surface area contributed by atoms with Crippen molar-refractivity contribution in [2.75, 3.05) is 0 Å². The molecule has 112 valence electrons. The van der Waals surface area contributed by atoms with E-state index in [2.05, 4.69) is 19.9 Å². The largest absolute Gasteiger partial charge is 0.295 e. The molecule has 1 nitrogen and oxygen atoms in total. The van der Waals surface area contributed by atoms with E-state index in [1.54, 1.807) is 16.7 Å². The predicted octanol–water partition coefficient (Wildman–Crippen LogP) is 5.14. The van der Waals surface area contributed by atoms with Gasteiger partial charge in [-0.2, -0.15) is 0 Å². The third-order valence-corrected chi connectivity index (χ3v) is 6.93. The van der Waals surface area contributed by atoms with Gasteiger partial charge < -0.3 is 0 Å². The zero-order valence-corrected chi connectivity index (χ0v) is 13.4. The van der Waals surface area contributed by atoms with E-state index in [9.17, 15) is 4.79 Å². The summed E-state index contributed by atoms with van der Waals surface area (Å²) in [5.74, 6) is 2.02. The van der Waals surface area contributed by atoms with E-state index in [1.165, 1.54) is 37.7 Å². The number of hydrogen-bond donors (Lipinski definition) is 0. The van der Waals surface area contributed by atoms with Gasteiger partial charge in [-0.1, -0.05) is 24.1 Å². The van der Waals surface area contributed by atoms with Gasteiger partial charge in [-0.3, -0.25) is 4.79 Å². The lowest BCUT2D eigenvalue weighted by atomic mass is 9.57. The fourth-order valence-corrected chi connectivity index (χ4v) is 5.85. The molecule has 1 heteroatoms. The number of hydrogen-bond acceptors (Lipinski definition) is 1. The maximum atomic E-state index is 11.7. The summed E-state index contributed by atoms with van der Waals surface area (Å²) >= 11 is 0. The minimum absolute atomic E-state index is 0.352. The third kappa shape index (κ3) is 1.86. The van der Waals surface area contributed by atoms with Crippen molar-refractivity contribution in [3.8, 4) is 0 Å². The second-order valence-electron chi connectivity index (χ2n) is 7.66. The fourth-order valence-electron chi connectivity index (χ4n) is 5.85. The molecular formula is C20H26O. The first-order valence-electron chi connectivity index (χ1n) is 8.75. The van der Waals surface area contributed by atoms with Crippen LogP contribution in [0.3, 0.4) is 0 Å². The van der Waals surface area contributed by atoms with E-state index < -0.39 is 0 Å². The predicted molar refractivity (Wildman–Crippen MR) is 85.9 cm³/mol. The standard InChI is InChI=1S/C20H26O/c1-3-14-5-9-19-18-7-4-13-12-15(21)6-8-16(13)17(18)10-11-20(14,19)2/h3,12,18-19H,4-11H2,1-2H3/t18-,19+,20-/m1/s1. The molecule has 0 bridgehead atoms. The van der Waals surface area contributed by atoms with Crippen LogP contribution in [0.25, 0.3) is 0 Å². The van der Waals surface area contributed by atoms with Gasteiger partial charge in [0, 0.05) is 6.42 Å². The summed E-state index contributed by atoms with van der Waals surface area (Å²) in [5, 5.41) is 0. The Morgan fingerprint density at radius 3 is 2.81 bits per heavy atom. The summed E-state index contributed by atoms with van der Waals surface area (Å²) in [6.07, 6.45) is 13.9. The molecule has 4 aliphatic carbocycles. The minimum atomic E-state index is 0.352. The molecule has 4 aliphatic rings. The van der Waals surface area contributed by atoms with Crippen LogP contribution in [0.5, 0.6) is 0 Å². The van der Waals surface area contributed by atoms with Crippen LogP contribution in [-0.2, 0) is 4.79 Å². The number of allylic oxidation sites excluding steroid dienone is 6. The number of rotatable bonds is 0. The summed E-state index contributed by atoms with van der Waals surface area (Å²) in [6, 6.07) is 0. The molecule has 0 aromatic heterocycles. The molecule has 3 atom stereocenters. The molecule has 0 amide bonds. The van der Waals surface area contributed by atoms with E-state index in [1.807, 2.05) is 6.08 Å². The summed E-state index contributed by atoms with van der Waals surface area (Å²) in [6.45, 7) is 4.75. The Morgan fingerprint density at radius 1 is 1.14 bits per heavy atom. The molecular weight excluding hydrogens is 256 g/mol. The van der Waals surface area contributed by atoms with Crippen molar-refractivity contribution in [1.29, 1.82) is 0 Å². The molecule has 0 radical (unpaired) electrons. The van der Waals surface area contributed by atoms with Crippen LogP contribution in [0.15, 0.2) is 34.4 Å². The van der Waals surface area contributed by atoms with Crippen LogP contribution in [0, 0.1) is 17.3 Å². The van der Waals surface area contributed by atoms with Crippen LogP contribution in [0.1, 0.15) is 65.2 Å². The van der Waals surface area contributed by atoms with Crippen molar-refractivity contribution in [3.05, 3.63) is 34.4 Å². The van der Waals surface area contributed by atoms with Crippen molar-refractivity contribution in [3.63, 3.8) is 0 Å². The Balaban J connectivity index is 1.75. The summed E-state index contributed by atoms with van der Waals surface area (Å²) in [4.78, 5) is 11.7. The normalized spacial score (nSPS) is 40.8. The van der Waals surface area contributed by atoms with E-state index >= 15 is 0 Å². The van der Waals surface area contributed by atoms with E-state index in [0.717, 1.165) is 31.1 Å². The van der Waals surface area contributed by atoms with Gasteiger partial charge in [0.15, 0.2) is 5.78 Å². The van der Waals surface area contributed by atoms with Gasteiger partial charge in [0.25, 0.3) is 0 Å². The Kier molecular flexibility index (Phi) is 3.03. The lowest BCUT2D eigenvalue weighted by Gasteiger charge is -2.47. The zero-order chi connectivity index (χ0) is 14.6. The van der Waals surface area contributed by atoms with Crippen molar-refractivity contribution in [2.45, 2.75) is 65.2 Å². The Hall–Kier alpha value is -1.11. The maximum absolute atomic E-state index is 11.7. The highest BCUT2D eigenvalue weighted by atomic mass is 16.1. The van der Waals surface area contributed by atoms with E-state index in [4.69, 9.17) is 0 Å². The molecule has 0 aliphatic heterocycles. The van der Waals surface area contributed by atoms with Crippen molar-refractivity contribution >= 4 is 5.78 Å². The molecule has 2 saturated carbocycles. The first kappa shape index (κ1) is 13.5. The van der Waals surface area contributed by atoms with Crippen LogP contribution >= 0.6 is 0 Å².